The van der Waals surface area contributed by atoms with Crippen molar-refractivity contribution in [3.8, 4) is 17.1 Å². The molecule has 0 fully saturated rings. The molecular weight excluding hydrogens is 584 g/mol. The first-order valence-corrected chi connectivity index (χ1v) is 15.0. The van der Waals surface area contributed by atoms with Gasteiger partial charge in [0.2, 0.25) is 5.91 Å². The number of ether oxygens (including phenoxy) is 1. The predicted molar refractivity (Wildman–Crippen MR) is 167 cm³/mol. The molecule has 0 aliphatic carbocycles. The zero-order valence-electron chi connectivity index (χ0n) is 21.9. The molecule has 5 rings (SSSR count). The number of thioether (sulfide) groups is 1. The van der Waals surface area contributed by atoms with Crippen LogP contribution in [0.2, 0.25) is 5.02 Å². The minimum atomic E-state index is -0.270. The molecule has 0 unspecified atom stereocenters. The summed E-state index contributed by atoms with van der Waals surface area (Å²) in [7, 11) is 1.58. The predicted octanol–water partition coefficient (Wildman–Crippen LogP) is 7.23. The van der Waals surface area contributed by atoms with Gasteiger partial charge in [-0.2, -0.15) is 0 Å². The quantitative estimate of drug-likeness (QED) is 0.114. The summed E-state index contributed by atoms with van der Waals surface area (Å²) in [5.41, 5.74) is 4.31. The second kappa shape index (κ2) is 12.0. The van der Waals surface area contributed by atoms with Gasteiger partial charge in [0.05, 0.1) is 18.6 Å². The molecule has 0 saturated carbocycles. The molecule has 2 aromatic heterocycles. The number of rotatable bonds is 8. The number of methoxy groups -OCH3 is 1. The SMILES string of the molecule is CCc1ccc(NC(=O)CSc2nc3c(sc(=S)n3-c3ccc(Cl)c(C)c3)c(=O)n2-c2ccc(OC)cc2)cc1. The highest BCUT2D eigenvalue weighted by molar-refractivity contribution is 7.99. The van der Waals surface area contributed by atoms with Crippen LogP contribution in [-0.4, -0.2) is 32.9 Å². The summed E-state index contributed by atoms with van der Waals surface area (Å²) in [6.45, 7) is 3.99. The topological polar surface area (TPSA) is 78.2 Å². The molecule has 0 atom stereocenters. The first kappa shape index (κ1) is 28.1. The van der Waals surface area contributed by atoms with Gasteiger partial charge in [0.25, 0.3) is 5.56 Å². The summed E-state index contributed by atoms with van der Waals surface area (Å²) in [5.74, 6) is 0.503. The van der Waals surface area contributed by atoms with Gasteiger partial charge >= 0.3 is 0 Å². The Kier molecular flexibility index (Phi) is 8.41. The lowest BCUT2D eigenvalue weighted by Gasteiger charge is -2.14. The molecule has 3 aromatic carbocycles. The van der Waals surface area contributed by atoms with E-state index in [2.05, 4.69) is 12.2 Å². The Balaban J connectivity index is 1.58. The molecule has 0 aliphatic heterocycles. The molecule has 0 radical (unpaired) electrons. The van der Waals surface area contributed by atoms with Gasteiger partial charge in [-0.3, -0.25) is 18.7 Å². The summed E-state index contributed by atoms with van der Waals surface area (Å²) in [6, 6.07) is 20.4. The molecule has 1 N–H and O–H groups in total. The smallest absolute Gasteiger partial charge is 0.278 e. The second-order valence-corrected chi connectivity index (χ2v) is 11.9. The van der Waals surface area contributed by atoms with Crippen molar-refractivity contribution in [2.75, 3.05) is 18.2 Å². The maximum atomic E-state index is 13.9. The van der Waals surface area contributed by atoms with Gasteiger partial charge in [-0.1, -0.05) is 53.8 Å². The third kappa shape index (κ3) is 5.71. The fourth-order valence-electron chi connectivity index (χ4n) is 4.14. The van der Waals surface area contributed by atoms with E-state index in [-0.39, 0.29) is 17.2 Å². The van der Waals surface area contributed by atoms with Gasteiger partial charge in [0.1, 0.15) is 10.4 Å². The van der Waals surface area contributed by atoms with Gasteiger partial charge in [0, 0.05) is 16.4 Å². The number of aromatic nitrogens is 3. The Bertz CT molecular complexity index is 1830. The van der Waals surface area contributed by atoms with E-state index in [0.717, 1.165) is 17.7 Å². The van der Waals surface area contributed by atoms with Crippen molar-refractivity contribution < 1.29 is 9.53 Å². The van der Waals surface area contributed by atoms with Crippen LogP contribution in [0, 0.1) is 10.9 Å². The number of hydrogen-bond acceptors (Lipinski definition) is 7. The van der Waals surface area contributed by atoms with Gasteiger partial charge < -0.3 is 10.1 Å². The number of anilines is 1. The zero-order chi connectivity index (χ0) is 28.4. The van der Waals surface area contributed by atoms with Crippen LogP contribution >= 0.6 is 46.9 Å². The Hall–Kier alpha value is -3.44. The third-order valence-electron chi connectivity index (χ3n) is 6.29. The van der Waals surface area contributed by atoms with Crippen LogP contribution in [0.5, 0.6) is 5.75 Å². The number of carbonyl (C=O) groups excluding carboxylic acids is 1. The number of halogens is 1. The second-order valence-electron chi connectivity index (χ2n) is 8.91. The summed E-state index contributed by atoms with van der Waals surface area (Å²) < 4.78 is 9.47. The van der Waals surface area contributed by atoms with Crippen molar-refractivity contribution in [3.63, 3.8) is 0 Å². The van der Waals surface area contributed by atoms with Crippen molar-refractivity contribution in [1.82, 2.24) is 14.1 Å². The van der Waals surface area contributed by atoms with E-state index in [0.29, 0.717) is 41.6 Å². The molecule has 7 nitrogen and oxygen atoms in total. The monoisotopic (exact) mass is 608 g/mol. The average molecular weight is 609 g/mol. The normalized spacial score (nSPS) is 11.1. The number of nitrogens with one attached hydrogen (secondary N) is 1. The average Bonchev–Trinajstić information content (AvgIpc) is 3.30. The van der Waals surface area contributed by atoms with E-state index in [1.165, 1.54) is 33.2 Å². The van der Waals surface area contributed by atoms with Crippen LogP contribution < -0.4 is 15.6 Å². The number of aryl methyl sites for hydroxylation is 2. The number of carbonyl (C=O) groups is 1. The van der Waals surface area contributed by atoms with Crippen molar-refractivity contribution in [2.24, 2.45) is 0 Å². The van der Waals surface area contributed by atoms with Gasteiger partial charge in [-0.15, -0.1) is 0 Å². The van der Waals surface area contributed by atoms with E-state index in [4.69, 9.17) is 33.5 Å². The first-order valence-electron chi connectivity index (χ1n) is 12.4. The molecule has 2 heterocycles. The number of benzene rings is 3. The van der Waals surface area contributed by atoms with Crippen LogP contribution in [0.15, 0.2) is 76.7 Å². The van der Waals surface area contributed by atoms with E-state index >= 15 is 0 Å². The Morgan fingerprint density at radius 1 is 1.07 bits per heavy atom. The number of thiazole rings is 1. The third-order valence-corrected chi connectivity index (χ3v) is 9.00. The minimum Gasteiger partial charge on any atom is -0.497 e. The van der Waals surface area contributed by atoms with Gasteiger partial charge in [-0.25, -0.2) is 4.98 Å². The van der Waals surface area contributed by atoms with Crippen molar-refractivity contribution in [1.29, 1.82) is 0 Å². The molecule has 5 aromatic rings. The Morgan fingerprint density at radius 2 is 1.77 bits per heavy atom. The van der Waals surface area contributed by atoms with E-state index in [1.54, 1.807) is 42.0 Å². The number of amides is 1. The van der Waals surface area contributed by atoms with E-state index in [9.17, 15) is 9.59 Å². The van der Waals surface area contributed by atoms with Gasteiger partial charge in [-0.05, 0) is 91.3 Å². The maximum absolute atomic E-state index is 13.9. The first-order chi connectivity index (χ1) is 19.3. The highest BCUT2D eigenvalue weighted by Gasteiger charge is 2.20. The molecular formula is C29H25ClN4O3S3. The number of nitrogens with zero attached hydrogens (tertiary/aromatic N) is 3. The molecule has 0 saturated heterocycles. The summed E-state index contributed by atoms with van der Waals surface area (Å²) >= 11 is 14.3. The largest absolute Gasteiger partial charge is 0.497 e. The number of hydrogen-bond donors (Lipinski definition) is 1. The summed E-state index contributed by atoms with van der Waals surface area (Å²) in [6.07, 6.45) is 0.922. The number of fused-ring (bicyclic) bond motifs is 1. The summed E-state index contributed by atoms with van der Waals surface area (Å²) in [5, 5.41) is 3.92. The lowest BCUT2D eigenvalue weighted by molar-refractivity contribution is -0.113. The zero-order valence-corrected chi connectivity index (χ0v) is 25.1. The highest BCUT2D eigenvalue weighted by atomic mass is 35.5. The molecule has 40 heavy (non-hydrogen) atoms. The van der Waals surface area contributed by atoms with Crippen molar-refractivity contribution in [3.05, 3.63) is 97.2 Å². The molecule has 1 amide bonds. The lowest BCUT2D eigenvalue weighted by atomic mass is 10.1. The fourth-order valence-corrected chi connectivity index (χ4v) is 6.36. The van der Waals surface area contributed by atoms with Crippen LogP contribution in [0.1, 0.15) is 18.1 Å². The molecule has 204 valence electrons. The Morgan fingerprint density at radius 3 is 2.42 bits per heavy atom. The Labute approximate surface area is 249 Å². The highest BCUT2D eigenvalue weighted by Crippen LogP contribution is 2.29. The van der Waals surface area contributed by atoms with Gasteiger partial charge in [0.15, 0.2) is 14.8 Å². The van der Waals surface area contributed by atoms with Crippen LogP contribution in [0.4, 0.5) is 5.69 Å². The van der Waals surface area contributed by atoms with Crippen LogP contribution in [0.25, 0.3) is 21.7 Å². The van der Waals surface area contributed by atoms with Crippen molar-refractivity contribution >= 4 is 68.9 Å². The van der Waals surface area contributed by atoms with Crippen LogP contribution in [-0.2, 0) is 11.2 Å². The molecule has 0 aliphatic rings. The maximum Gasteiger partial charge on any atom is 0.278 e. The van der Waals surface area contributed by atoms with Crippen LogP contribution in [0.3, 0.4) is 0 Å². The lowest BCUT2D eigenvalue weighted by Crippen LogP contribution is -2.22. The fraction of sp³-hybridized carbons (Fsp3) is 0.172. The molecule has 0 spiro atoms. The minimum absolute atomic E-state index is 0.0502. The van der Waals surface area contributed by atoms with E-state index in [1.807, 2.05) is 43.3 Å². The molecule has 11 heteroatoms. The summed E-state index contributed by atoms with van der Waals surface area (Å²) in [4.78, 5) is 31.7. The van der Waals surface area contributed by atoms with Crippen molar-refractivity contribution in [2.45, 2.75) is 25.4 Å². The standard InChI is InChI=1S/C29H25ClN4O3S3/c1-4-18-5-7-19(8-6-18)31-24(35)16-39-28-32-26-25(27(36)34(28)20-9-12-22(37-3)13-10-20)40-29(38)33(26)21-11-14-23(30)17(2)15-21/h5-15H,4,16H2,1-3H3,(H,31,35). The molecule has 0 bridgehead atoms. The van der Waals surface area contributed by atoms with E-state index < -0.39 is 0 Å².